The summed E-state index contributed by atoms with van der Waals surface area (Å²) in [5.74, 6) is 0.884. The van der Waals surface area contributed by atoms with E-state index in [1.165, 1.54) is 0 Å². The van der Waals surface area contributed by atoms with Gasteiger partial charge < -0.3 is 17.3 Å². The highest BCUT2D eigenvalue weighted by Crippen LogP contribution is 2.22. The number of rotatable bonds is 0. The Hall–Kier alpha value is -0.160. The number of hydrogen-bond acceptors (Lipinski definition) is 3. The number of nitrogens with two attached hydrogens (primary N) is 1. The Morgan fingerprint density at radius 3 is 2.79 bits per heavy atom. The van der Waals surface area contributed by atoms with Crippen LogP contribution in [0, 0.1) is 0 Å². The number of fused-ring (bicyclic) bond motifs is 1. The van der Waals surface area contributed by atoms with Crippen LogP contribution >= 0.6 is 23.2 Å². The molecule has 2 N–H and O–H groups in total. The molecule has 0 saturated heterocycles. The third-order valence-electron chi connectivity index (χ3n) is 2.24. The molecule has 0 aromatic rings. The number of likely N-dealkylation sites (N-methyl/N-ethyl adjacent to an activating group) is 2. The Morgan fingerprint density at radius 2 is 2.14 bits per heavy atom. The number of alkyl halides is 1. The zero-order valence-electron chi connectivity index (χ0n) is 7.84. The molecule has 4 nitrogen and oxygen atoms in total. The lowest BCUT2D eigenvalue weighted by molar-refractivity contribution is -0.633. The number of quaternary nitrogens is 1. The number of hydrogen-bond donors (Lipinski definition) is 1. The van der Waals surface area contributed by atoms with Crippen molar-refractivity contribution in [3.05, 3.63) is 10.9 Å². The van der Waals surface area contributed by atoms with E-state index in [2.05, 4.69) is 4.99 Å². The van der Waals surface area contributed by atoms with Crippen LogP contribution in [0.25, 0.3) is 0 Å². The molecule has 0 saturated carbocycles. The Balaban J connectivity index is 0.000000980. The van der Waals surface area contributed by atoms with Gasteiger partial charge >= 0.3 is 0 Å². The molecule has 7 heteroatoms. The van der Waals surface area contributed by atoms with Gasteiger partial charge in [0.1, 0.15) is 6.67 Å². The predicted molar refractivity (Wildman–Crippen MR) is 52.3 cm³/mol. The van der Waals surface area contributed by atoms with E-state index in [4.69, 9.17) is 23.2 Å². The van der Waals surface area contributed by atoms with Crippen LogP contribution in [0.2, 0.25) is 0 Å². The molecule has 0 amide bonds. The van der Waals surface area contributed by atoms with Gasteiger partial charge in [0.25, 0.3) is 0 Å². The van der Waals surface area contributed by atoms with E-state index in [1.54, 1.807) is 0 Å². The fourth-order valence-corrected chi connectivity index (χ4v) is 2.12. The first-order valence-electron chi connectivity index (χ1n) is 3.99. The third-order valence-corrected chi connectivity index (χ3v) is 2.96. The maximum Gasteiger partial charge on any atom is 0.246 e. The van der Waals surface area contributed by atoms with E-state index < -0.39 is 0 Å². The molecule has 0 spiro atoms. The minimum Gasteiger partial charge on any atom is -1.00 e. The van der Waals surface area contributed by atoms with E-state index in [9.17, 15) is 0 Å². The van der Waals surface area contributed by atoms with Crippen LogP contribution in [0.3, 0.4) is 0 Å². The monoisotopic (exact) mass is 256 g/mol. The summed E-state index contributed by atoms with van der Waals surface area (Å²) in [6.45, 7) is 0.655. The van der Waals surface area contributed by atoms with Crippen molar-refractivity contribution in [2.45, 2.75) is 5.62 Å². The van der Waals surface area contributed by atoms with Crippen LogP contribution in [0.1, 0.15) is 0 Å². The molecule has 0 aliphatic carbocycles. The number of aliphatic imine (C=N–C) groups is 1. The van der Waals surface area contributed by atoms with Crippen molar-refractivity contribution in [1.82, 2.24) is 9.80 Å². The molecule has 2 aliphatic heterocycles. The predicted octanol–water partition coefficient (Wildman–Crippen LogP) is -3.27. The third kappa shape index (κ3) is 1.67. The zero-order valence-corrected chi connectivity index (χ0v) is 10.1. The van der Waals surface area contributed by atoms with Crippen molar-refractivity contribution in [1.29, 1.82) is 0 Å². The van der Waals surface area contributed by atoms with E-state index in [0.29, 0.717) is 11.8 Å². The highest BCUT2D eigenvalue weighted by Gasteiger charge is 2.36. The molecule has 0 aromatic heterocycles. The molecule has 2 heterocycles. The Kier molecular flexibility index (Phi) is 3.53. The Bertz CT molecular complexity index is 301. The van der Waals surface area contributed by atoms with Crippen molar-refractivity contribution in [3.8, 4) is 0 Å². The molecule has 1 atom stereocenters. The fourth-order valence-electron chi connectivity index (χ4n) is 1.49. The summed E-state index contributed by atoms with van der Waals surface area (Å²) < 4.78 is 0. The second-order valence-electron chi connectivity index (χ2n) is 3.17. The largest absolute Gasteiger partial charge is 1.00 e. The summed E-state index contributed by atoms with van der Waals surface area (Å²) in [4.78, 5) is 8.26. The Morgan fingerprint density at radius 1 is 1.50 bits per heavy atom. The van der Waals surface area contributed by atoms with Gasteiger partial charge in [0.05, 0.1) is 0 Å². The molecular weight excluding hydrogens is 246 g/mol. The maximum atomic E-state index is 6.06. The van der Waals surface area contributed by atoms with Gasteiger partial charge in [-0.2, -0.15) is 0 Å². The average molecular weight is 258 g/mol. The van der Waals surface area contributed by atoms with Gasteiger partial charge in [-0.3, -0.25) is 10.2 Å². The fraction of sp³-hybridized carbons (Fsp3) is 0.571. The molecule has 2 rings (SSSR count). The van der Waals surface area contributed by atoms with Gasteiger partial charge in [0, 0.05) is 14.1 Å². The molecule has 2 aliphatic rings. The minimum atomic E-state index is -0.193. The first-order valence-corrected chi connectivity index (χ1v) is 4.80. The zero-order chi connectivity index (χ0) is 9.59. The highest BCUT2D eigenvalue weighted by molar-refractivity contribution is 6.31. The molecule has 80 valence electrons. The van der Waals surface area contributed by atoms with Crippen molar-refractivity contribution in [2.24, 2.45) is 4.99 Å². The summed E-state index contributed by atoms with van der Waals surface area (Å²) in [6.07, 6.45) is 0. The van der Waals surface area contributed by atoms with Gasteiger partial charge in [-0.1, -0.05) is 0 Å². The molecule has 0 fully saturated rings. The second-order valence-corrected chi connectivity index (χ2v) is 4.02. The van der Waals surface area contributed by atoms with Gasteiger partial charge in [-0.05, 0) is 23.2 Å². The molecule has 1 unspecified atom stereocenters. The standard InChI is InChI=1S/C7H10Cl2N4.ClH/c1-12-3-10-6-4(12)5(8)11-7(9)13(6)2;/h7,11H,3H2,1-2H3;1H. The van der Waals surface area contributed by atoms with E-state index >= 15 is 0 Å². The second kappa shape index (κ2) is 4.14. The SMILES string of the molecule is CN1CN=C2C1=C(Cl)[NH2+]C(Cl)N2C.[Cl-]. The van der Waals surface area contributed by atoms with Crippen molar-refractivity contribution >= 4 is 29.0 Å². The summed E-state index contributed by atoms with van der Waals surface area (Å²) in [5.41, 5.74) is 0.780. The van der Waals surface area contributed by atoms with E-state index in [-0.39, 0.29) is 18.0 Å². The molecule has 14 heavy (non-hydrogen) atoms. The van der Waals surface area contributed by atoms with Gasteiger partial charge in [0.15, 0.2) is 11.5 Å². The van der Waals surface area contributed by atoms with Crippen molar-refractivity contribution in [3.63, 3.8) is 0 Å². The molecule has 0 radical (unpaired) electrons. The Labute approximate surface area is 99.0 Å². The summed E-state index contributed by atoms with van der Waals surface area (Å²) in [5, 5.41) is 2.51. The number of nitrogens with zero attached hydrogens (tertiary/aromatic N) is 3. The molecular formula is C7H11Cl3N4. The average Bonchev–Trinajstić information content (AvgIpc) is 2.44. The van der Waals surface area contributed by atoms with Crippen molar-refractivity contribution in [2.75, 3.05) is 20.8 Å². The minimum absolute atomic E-state index is 0. The maximum absolute atomic E-state index is 6.06. The lowest BCUT2D eigenvalue weighted by atomic mass is 10.3. The summed E-state index contributed by atoms with van der Waals surface area (Å²) in [7, 11) is 3.87. The molecule has 0 bridgehead atoms. The first kappa shape index (κ1) is 11.9. The van der Waals surface area contributed by atoms with Crippen molar-refractivity contribution < 1.29 is 17.7 Å². The van der Waals surface area contributed by atoms with E-state index in [0.717, 1.165) is 11.5 Å². The topological polar surface area (TPSA) is 35.5 Å². The van der Waals surface area contributed by atoms with Crippen LogP contribution in [-0.4, -0.2) is 42.0 Å². The molecule has 0 aromatic carbocycles. The lowest BCUT2D eigenvalue weighted by Crippen LogP contribution is -3.00. The van der Waals surface area contributed by atoms with Crippen LogP contribution in [0.4, 0.5) is 0 Å². The summed E-state index contributed by atoms with van der Waals surface area (Å²) in [6, 6.07) is 0. The quantitative estimate of drug-likeness (QED) is 0.365. The lowest BCUT2D eigenvalue weighted by Gasteiger charge is -2.29. The van der Waals surface area contributed by atoms with Crippen LogP contribution in [0.15, 0.2) is 15.8 Å². The normalized spacial score (nSPS) is 26.0. The summed E-state index contributed by atoms with van der Waals surface area (Å²) >= 11 is 12.1. The van der Waals surface area contributed by atoms with Crippen LogP contribution in [-0.2, 0) is 0 Å². The smallest absolute Gasteiger partial charge is 0.246 e. The van der Waals surface area contributed by atoms with Gasteiger partial charge in [-0.15, -0.1) is 0 Å². The number of amidine groups is 1. The van der Waals surface area contributed by atoms with Crippen LogP contribution < -0.4 is 17.7 Å². The van der Waals surface area contributed by atoms with E-state index in [1.807, 2.05) is 29.2 Å². The van der Waals surface area contributed by atoms with Gasteiger partial charge in [-0.25, -0.2) is 4.99 Å². The first-order chi connectivity index (χ1) is 6.11. The van der Waals surface area contributed by atoms with Crippen LogP contribution in [0.5, 0.6) is 0 Å². The highest BCUT2D eigenvalue weighted by atomic mass is 35.5. The number of halogens is 3. The van der Waals surface area contributed by atoms with Gasteiger partial charge in [0.2, 0.25) is 10.8 Å².